The van der Waals surface area contributed by atoms with Crippen LogP contribution in [0, 0.1) is 0 Å². The van der Waals surface area contributed by atoms with E-state index in [1.807, 2.05) is 126 Å². The zero-order chi connectivity index (χ0) is 40.7. The molecule has 0 spiro atoms. The van der Waals surface area contributed by atoms with Crippen LogP contribution in [-0.4, -0.2) is 4.57 Å². The van der Waals surface area contributed by atoms with Gasteiger partial charge in [0, 0.05) is 33.4 Å². The number of nitrogens with zero attached hydrogens (tertiary/aromatic N) is 2. The van der Waals surface area contributed by atoms with Gasteiger partial charge in [-0.15, -0.1) is 0 Å². The molecule has 10 rings (SSSR count). The number of para-hydroxylation sites is 3. The third kappa shape index (κ3) is 6.14. The maximum atomic E-state index is 9.57. The minimum atomic E-state index is -0.124. The van der Waals surface area contributed by atoms with Crippen LogP contribution in [0.25, 0.3) is 72.0 Å². The number of benzene rings is 9. The van der Waals surface area contributed by atoms with Gasteiger partial charge in [0.25, 0.3) is 0 Å². The van der Waals surface area contributed by atoms with Crippen molar-refractivity contribution in [3.05, 3.63) is 230 Å². The summed E-state index contributed by atoms with van der Waals surface area (Å²) < 4.78 is 40.5. The van der Waals surface area contributed by atoms with Crippen molar-refractivity contribution in [1.29, 1.82) is 0 Å². The van der Waals surface area contributed by atoms with E-state index in [0.717, 1.165) is 61.5 Å². The van der Waals surface area contributed by atoms with Crippen LogP contribution < -0.4 is 4.90 Å². The van der Waals surface area contributed by atoms with Crippen molar-refractivity contribution in [2.24, 2.45) is 0 Å². The smallest absolute Gasteiger partial charge is 0.0645 e. The Morgan fingerprint density at radius 3 is 1.34 bits per heavy atom. The fourth-order valence-corrected chi connectivity index (χ4v) is 7.77. The third-order valence-corrected chi connectivity index (χ3v) is 10.5. The molecule has 0 fully saturated rings. The second-order valence-corrected chi connectivity index (χ2v) is 13.9. The molecule has 0 unspecified atom stereocenters. The summed E-state index contributed by atoms with van der Waals surface area (Å²) in [6, 6.07) is 68.9. The van der Waals surface area contributed by atoms with Gasteiger partial charge in [-0.2, -0.15) is 0 Å². The minimum absolute atomic E-state index is 0.106. The summed E-state index contributed by atoms with van der Waals surface area (Å²) >= 11 is 0. The number of rotatable bonds is 8. The summed E-state index contributed by atoms with van der Waals surface area (Å²) in [7, 11) is 0. The lowest BCUT2D eigenvalue weighted by Gasteiger charge is -2.26. The molecular weight excluding hydrogens is 677 g/mol. The molecule has 0 aliphatic heterocycles. The van der Waals surface area contributed by atoms with E-state index in [1.165, 1.54) is 10.8 Å². The molecule has 0 N–H and O–H groups in total. The van der Waals surface area contributed by atoms with Crippen molar-refractivity contribution >= 4 is 38.9 Å². The number of hydrogen-bond acceptors (Lipinski definition) is 1. The lowest BCUT2D eigenvalue weighted by Crippen LogP contribution is -2.09. The van der Waals surface area contributed by atoms with Gasteiger partial charge in [0.15, 0.2) is 0 Å². The van der Waals surface area contributed by atoms with Crippen LogP contribution in [0.4, 0.5) is 17.1 Å². The molecule has 1 heterocycles. The molecule has 2 heteroatoms. The maximum absolute atomic E-state index is 9.57. The highest BCUT2D eigenvalue weighted by atomic mass is 15.1. The van der Waals surface area contributed by atoms with E-state index in [2.05, 4.69) is 89.5 Å². The van der Waals surface area contributed by atoms with Gasteiger partial charge in [0.05, 0.1) is 22.2 Å². The van der Waals surface area contributed by atoms with Crippen LogP contribution in [0.2, 0.25) is 0 Å². The van der Waals surface area contributed by atoms with Crippen LogP contribution >= 0.6 is 0 Å². The Bertz CT molecular complexity index is 3010. The van der Waals surface area contributed by atoms with Gasteiger partial charge in [-0.05, 0) is 99.6 Å². The molecule has 10 aromatic rings. The zero-order valence-electron chi connectivity index (χ0n) is 34.5. The molecule has 9 aromatic carbocycles. The SMILES string of the molecule is [2H]c1c([2H])c(N(c2ccc(-c3ccccc3)cc2)c2ccc(-c3ccccc3)cc2)c([2H])c([2H])c1-c1cccc(-c2ccccc2-n2c3ccccc3c3ccccc32)c1. The Balaban J connectivity index is 1.10. The molecule has 0 radical (unpaired) electrons. The molecule has 0 saturated carbocycles. The highest BCUT2D eigenvalue weighted by Crippen LogP contribution is 2.40. The molecule has 0 atom stereocenters. The Morgan fingerprint density at radius 2 is 0.768 bits per heavy atom. The van der Waals surface area contributed by atoms with Gasteiger partial charge in [0.2, 0.25) is 0 Å². The van der Waals surface area contributed by atoms with Gasteiger partial charge in [-0.3, -0.25) is 0 Å². The monoisotopic (exact) mass is 718 g/mol. The molecular formula is C54H38N2. The van der Waals surface area contributed by atoms with E-state index in [0.29, 0.717) is 5.56 Å². The molecule has 56 heavy (non-hydrogen) atoms. The molecule has 0 saturated heterocycles. The largest absolute Gasteiger partial charge is 0.311 e. The fraction of sp³-hybridized carbons (Fsp3) is 0. The summed E-state index contributed by atoms with van der Waals surface area (Å²) in [5.74, 6) is 0. The molecule has 2 nitrogen and oxygen atoms in total. The zero-order valence-corrected chi connectivity index (χ0v) is 30.5. The standard InChI is InChI=1S/C54H38N2/c1-3-14-39(15-4-1)41-26-32-46(33-27-41)55(47-34-28-42(29-35-47)40-16-5-2-6-17-40)48-36-30-43(31-37-48)44-18-13-19-45(38-44)49-20-7-10-23-52(49)56-53-24-11-8-21-50(53)51-22-9-12-25-54(51)56/h1-38H/i30D,31D,36D,37D. The van der Waals surface area contributed by atoms with Crippen molar-refractivity contribution in [3.8, 4) is 50.2 Å². The normalized spacial score (nSPS) is 12.2. The first-order valence-electron chi connectivity index (χ1n) is 20.9. The molecule has 0 aliphatic carbocycles. The lowest BCUT2D eigenvalue weighted by molar-refractivity contribution is 1.18. The molecule has 0 aliphatic rings. The first-order valence-corrected chi connectivity index (χ1v) is 18.9. The number of hydrogen-bond donors (Lipinski definition) is 0. The van der Waals surface area contributed by atoms with E-state index in [4.69, 9.17) is 0 Å². The predicted octanol–water partition coefficient (Wildman–Crippen LogP) is 14.9. The first kappa shape index (κ1) is 29.0. The van der Waals surface area contributed by atoms with E-state index in [9.17, 15) is 5.48 Å². The summed E-state index contributed by atoms with van der Waals surface area (Å²) in [5, 5.41) is 2.35. The second kappa shape index (κ2) is 14.4. The van der Waals surface area contributed by atoms with E-state index in [1.54, 1.807) is 0 Å². The summed E-state index contributed by atoms with van der Waals surface area (Å²) in [6.07, 6.45) is 0. The van der Waals surface area contributed by atoms with E-state index < -0.39 is 0 Å². The molecule has 0 bridgehead atoms. The highest BCUT2D eigenvalue weighted by Gasteiger charge is 2.17. The highest BCUT2D eigenvalue weighted by molar-refractivity contribution is 6.09. The minimum Gasteiger partial charge on any atom is -0.311 e. The Labute approximate surface area is 333 Å². The number of aromatic nitrogens is 1. The summed E-state index contributed by atoms with van der Waals surface area (Å²) in [5.41, 5.74) is 11.8. The quantitative estimate of drug-likeness (QED) is 0.152. The second-order valence-electron chi connectivity index (χ2n) is 13.9. The predicted molar refractivity (Wildman–Crippen MR) is 237 cm³/mol. The van der Waals surface area contributed by atoms with Crippen LogP contribution in [-0.2, 0) is 0 Å². The Kier molecular flexibility index (Phi) is 7.47. The van der Waals surface area contributed by atoms with Gasteiger partial charge < -0.3 is 9.47 Å². The Hall–Kier alpha value is -7.42. The average Bonchev–Trinajstić information content (AvgIpc) is 3.65. The maximum Gasteiger partial charge on any atom is 0.0645 e. The first-order chi connectivity index (χ1) is 29.5. The third-order valence-electron chi connectivity index (χ3n) is 10.5. The van der Waals surface area contributed by atoms with Crippen LogP contribution in [0.5, 0.6) is 0 Å². The number of fused-ring (bicyclic) bond motifs is 3. The molecule has 0 amide bonds. The van der Waals surface area contributed by atoms with Gasteiger partial charge in [0.1, 0.15) is 0 Å². The van der Waals surface area contributed by atoms with Crippen LogP contribution in [0.15, 0.2) is 230 Å². The van der Waals surface area contributed by atoms with E-state index >= 15 is 0 Å². The van der Waals surface area contributed by atoms with Crippen molar-refractivity contribution in [2.75, 3.05) is 4.90 Å². The topological polar surface area (TPSA) is 8.17 Å². The van der Waals surface area contributed by atoms with Gasteiger partial charge >= 0.3 is 0 Å². The average molecular weight is 719 g/mol. The van der Waals surface area contributed by atoms with Gasteiger partial charge in [-0.25, -0.2) is 0 Å². The van der Waals surface area contributed by atoms with Crippen LogP contribution in [0.1, 0.15) is 5.48 Å². The van der Waals surface area contributed by atoms with Crippen LogP contribution in [0.3, 0.4) is 0 Å². The van der Waals surface area contributed by atoms with Crippen molar-refractivity contribution in [1.82, 2.24) is 4.57 Å². The van der Waals surface area contributed by atoms with Crippen molar-refractivity contribution in [2.45, 2.75) is 0 Å². The fourth-order valence-electron chi connectivity index (χ4n) is 7.77. The number of anilines is 3. The Morgan fingerprint density at radius 1 is 0.321 bits per heavy atom. The van der Waals surface area contributed by atoms with Gasteiger partial charge in [-0.1, -0.05) is 170 Å². The van der Waals surface area contributed by atoms with Crippen molar-refractivity contribution < 1.29 is 5.48 Å². The van der Waals surface area contributed by atoms with Crippen molar-refractivity contribution in [3.63, 3.8) is 0 Å². The van der Waals surface area contributed by atoms with E-state index in [-0.39, 0.29) is 35.4 Å². The molecule has 1 aromatic heterocycles. The summed E-state index contributed by atoms with van der Waals surface area (Å²) in [4.78, 5) is 1.84. The summed E-state index contributed by atoms with van der Waals surface area (Å²) in [6.45, 7) is 0. The molecule has 264 valence electrons. The lowest BCUT2D eigenvalue weighted by atomic mass is 9.97.